The van der Waals surface area contributed by atoms with Crippen molar-refractivity contribution in [2.75, 3.05) is 24.3 Å². The molecule has 0 saturated carbocycles. The van der Waals surface area contributed by atoms with Gasteiger partial charge in [0.1, 0.15) is 11.5 Å². The maximum absolute atomic E-state index is 12.5. The molecule has 0 atom stereocenters. The summed E-state index contributed by atoms with van der Waals surface area (Å²) >= 11 is 0. The number of anilines is 2. The zero-order valence-corrected chi connectivity index (χ0v) is 16.7. The Bertz CT molecular complexity index is 1100. The van der Waals surface area contributed by atoms with Gasteiger partial charge < -0.3 is 14.8 Å². The molecule has 3 aromatic rings. The van der Waals surface area contributed by atoms with E-state index in [0.29, 0.717) is 28.4 Å². The van der Waals surface area contributed by atoms with Gasteiger partial charge in [-0.25, -0.2) is 8.42 Å². The summed E-state index contributed by atoms with van der Waals surface area (Å²) in [7, 11) is -0.649. The molecule has 0 spiro atoms. The van der Waals surface area contributed by atoms with Crippen molar-refractivity contribution in [2.24, 2.45) is 0 Å². The van der Waals surface area contributed by atoms with E-state index in [0.717, 1.165) is 0 Å². The standard InChI is InChI=1S/C21H20N2O5S/c1-27-17-12-13-19(20(14-17)28-2)22-21(24)15-8-10-16(11-9-15)23-29(25,26)18-6-4-3-5-7-18/h3-14,23H,1-2H3,(H,22,24). The number of benzene rings is 3. The van der Waals surface area contributed by atoms with Gasteiger partial charge in [0.2, 0.25) is 0 Å². The smallest absolute Gasteiger partial charge is 0.261 e. The predicted octanol–water partition coefficient (Wildman–Crippen LogP) is 3.76. The van der Waals surface area contributed by atoms with E-state index in [1.807, 2.05) is 0 Å². The molecule has 29 heavy (non-hydrogen) atoms. The Morgan fingerprint density at radius 2 is 1.55 bits per heavy atom. The minimum absolute atomic E-state index is 0.161. The summed E-state index contributed by atoms with van der Waals surface area (Å²) in [6.07, 6.45) is 0. The number of rotatable bonds is 7. The van der Waals surface area contributed by atoms with Crippen LogP contribution in [0.2, 0.25) is 0 Å². The quantitative estimate of drug-likeness (QED) is 0.616. The fraction of sp³-hybridized carbons (Fsp3) is 0.0952. The molecule has 3 aromatic carbocycles. The van der Waals surface area contributed by atoms with E-state index in [9.17, 15) is 13.2 Å². The van der Waals surface area contributed by atoms with Crippen molar-refractivity contribution in [3.8, 4) is 11.5 Å². The third-order valence-corrected chi connectivity index (χ3v) is 5.51. The molecule has 0 heterocycles. The van der Waals surface area contributed by atoms with Crippen LogP contribution in [0.4, 0.5) is 11.4 Å². The van der Waals surface area contributed by atoms with Crippen LogP contribution < -0.4 is 19.5 Å². The zero-order chi connectivity index (χ0) is 20.9. The molecular weight excluding hydrogens is 392 g/mol. The van der Waals surface area contributed by atoms with Gasteiger partial charge >= 0.3 is 0 Å². The van der Waals surface area contributed by atoms with Crippen molar-refractivity contribution in [1.82, 2.24) is 0 Å². The predicted molar refractivity (Wildman–Crippen MR) is 111 cm³/mol. The minimum Gasteiger partial charge on any atom is -0.497 e. The summed E-state index contributed by atoms with van der Waals surface area (Å²) in [6, 6.07) is 19.2. The second kappa shape index (κ2) is 8.66. The first-order valence-corrected chi connectivity index (χ1v) is 10.1. The van der Waals surface area contributed by atoms with Crippen molar-refractivity contribution >= 4 is 27.3 Å². The first kappa shape index (κ1) is 20.2. The van der Waals surface area contributed by atoms with Crippen LogP contribution in [0.15, 0.2) is 77.7 Å². The maximum Gasteiger partial charge on any atom is 0.261 e. The minimum atomic E-state index is -3.69. The molecule has 0 radical (unpaired) electrons. The monoisotopic (exact) mass is 412 g/mol. The van der Waals surface area contributed by atoms with E-state index in [2.05, 4.69) is 10.0 Å². The van der Waals surface area contributed by atoms with Gasteiger partial charge in [-0.15, -0.1) is 0 Å². The summed E-state index contributed by atoms with van der Waals surface area (Å²) in [5, 5.41) is 2.76. The SMILES string of the molecule is COc1ccc(NC(=O)c2ccc(NS(=O)(=O)c3ccccc3)cc2)c(OC)c1. The van der Waals surface area contributed by atoms with Crippen molar-refractivity contribution in [2.45, 2.75) is 4.90 Å². The van der Waals surface area contributed by atoms with Gasteiger partial charge in [0.05, 0.1) is 24.8 Å². The summed E-state index contributed by atoms with van der Waals surface area (Å²) in [5.41, 5.74) is 1.21. The lowest BCUT2D eigenvalue weighted by molar-refractivity contribution is 0.102. The Labute approximate surface area is 169 Å². The van der Waals surface area contributed by atoms with Crippen LogP contribution in [-0.4, -0.2) is 28.5 Å². The lowest BCUT2D eigenvalue weighted by Gasteiger charge is -2.12. The van der Waals surface area contributed by atoms with Crippen molar-refractivity contribution < 1.29 is 22.7 Å². The Hall–Kier alpha value is -3.52. The van der Waals surface area contributed by atoms with Crippen LogP contribution in [-0.2, 0) is 10.0 Å². The molecule has 0 saturated heterocycles. The molecule has 0 aliphatic heterocycles. The van der Waals surface area contributed by atoms with Crippen LogP contribution in [0, 0.1) is 0 Å². The van der Waals surface area contributed by atoms with Gasteiger partial charge in [-0.3, -0.25) is 9.52 Å². The highest BCUT2D eigenvalue weighted by molar-refractivity contribution is 7.92. The largest absolute Gasteiger partial charge is 0.497 e. The second-order valence-electron chi connectivity index (χ2n) is 6.02. The Balaban J connectivity index is 1.73. The molecule has 0 unspecified atom stereocenters. The maximum atomic E-state index is 12.5. The highest BCUT2D eigenvalue weighted by Crippen LogP contribution is 2.29. The first-order chi connectivity index (χ1) is 13.9. The van der Waals surface area contributed by atoms with Gasteiger partial charge in [0.25, 0.3) is 15.9 Å². The van der Waals surface area contributed by atoms with Gasteiger partial charge in [-0.2, -0.15) is 0 Å². The summed E-state index contributed by atoms with van der Waals surface area (Å²) in [4.78, 5) is 12.7. The fourth-order valence-corrected chi connectivity index (χ4v) is 3.68. The van der Waals surface area contributed by atoms with E-state index in [4.69, 9.17) is 9.47 Å². The highest BCUT2D eigenvalue weighted by atomic mass is 32.2. The number of nitrogens with one attached hydrogen (secondary N) is 2. The van der Waals surface area contributed by atoms with E-state index in [1.165, 1.54) is 43.5 Å². The van der Waals surface area contributed by atoms with E-state index in [1.54, 1.807) is 43.5 Å². The molecule has 0 fully saturated rings. The van der Waals surface area contributed by atoms with Crippen LogP contribution in [0.5, 0.6) is 11.5 Å². The molecule has 3 rings (SSSR count). The average molecular weight is 412 g/mol. The normalized spacial score (nSPS) is 10.8. The Morgan fingerprint density at radius 1 is 0.862 bits per heavy atom. The summed E-state index contributed by atoms with van der Waals surface area (Å²) in [6.45, 7) is 0. The molecule has 0 aliphatic rings. The summed E-state index contributed by atoms with van der Waals surface area (Å²) < 4.78 is 37.6. The lowest BCUT2D eigenvalue weighted by Crippen LogP contribution is -2.14. The van der Waals surface area contributed by atoms with Crippen LogP contribution in [0.1, 0.15) is 10.4 Å². The van der Waals surface area contributed by atoms with Crippen LogP contribution in [0.25, 0.3) is 0 Å². The first-order valence-electron chi connectivity index (χ1n) is 8.64. The molecule has 2 N–H and O–H groups in total. The molecule has 0 bridgehead atoms. The van der Waals surface area contributed by atoms with E-state index in [-0.39, 0.29) is 10.8 Å². The van der Waals surface area contributed by atoms with Gasteiger partial charge in [0.15, 0.2) is 0 Å². The topological polar surface area (TPSA) is 93.7 Å². The fourth-order valence-electron chi connectivity index (χ4n) is 2.60. The lowest BCUT2D eigenvalue weighted by atomic mass is 10.2. The number of hydrogen-bond acceptors (Lipinski definition) is 5. The number of ether oxygens (including phenoxy) is 2. The van der Waals surface area contributed by atoms with Gasteiger partial charge in [-0.1, -0.05) is 18.2 Å². The summed E-state index contributed by atoms with van der Waals surface area (Å²) in [5.74, 6) is 0.714. The zero-order valence-electron chi connectivity index (χ0n) is 15.9. The van der Waals surface area contributed by atoms with Crippen LogP contribution in [0.3, 0.4) is 0 Å². The number of amides is 1. The average Bonchev–Trinajstić information content (AvgIpc) is 2.75. The Morgan fingerprint density at radius 3 is 2.17 bits per heavy atom. The number of carbonyl (C=O) groups excluding carboxylic acids is 1. The number of carbonyl (C=O) groups is 1. The van der Waals surface area contributed by atoms with E-state index < -0.39 is 10.0 Å². The third kappa shape index (κ3) is 4.85. The number of sulfonamides is 1. The molecule has 150 valence electrons. The molecule has 0 aromatic heterocycles. The molecule has 8 heteroatoms. The van der Waals surface area contributed by atoms with Crippen molar-refractivity contribution in [3.63, 3.8) is 0 Å². The highest BCUT2D eigenvalue weighted by Gasteiger charge is 2.15. The molecule has 7 nitrogen and oxygen atoms in total. The van der Waals surface area contributed by atoms with Crippen LogP contribution >= 0.6 is 0 Å². The van der Waals surface area contributed by atoms with Crippen molar-refractivity contribution in [1.29, 1.82) is 0 Å². The van der Waals surface area contributed by atoms with Gasteiger partial charge in [-0.05, 0) is 48.5 Å². The Kier molecular flexibility index (Phi) is 6.04. The van der Waals surface area contributed by atoms with Gasteiger partial charge in [0, 0.05) is 17.3 Å². The third-order valence-electron chi connectivity index (χ3n) is 4.11. The number of methoxy groups -OCH3 is 2. The molecular formula is C21H20N2O5S. The van der Waals surface area contributed by atoms with E-state index >= 15 is 0 Å². The molecule has 0 aliphatic carbocycles. The second-order valence-corrected chi connectivity index (χ2v) is 7.70. The van der Waals surface area contributed by atoms with Crippen molar-refractivity contribution in [3.05, 3.63) is 78.4 Å². The number of hydrogen-bond donors (Lipinski definition) is 2. The molecule has 1 amide bonds.